The Labute approximate surface area is 191 Å². The fourth-order valence-corrected chi connectivity index (χ4v) is 3.43. The number of alkyl halides is 3. The number of aromatic nitrogens is 2. The normalized spacial score (nSPS) is 11.6. The van der Waals surface area contributed by atoms with Crippen LogP contribution in [-0.2, 0) is 6.18 Å². The molecule has 0 aliphatic rings. The smallest absolute Gasteiger partial charge is 0.416 e. The zero-order valence-corrected chi connectivity index (χ0v) is 17.7. The second-order valence-electron chi connectivity index (χ2n) is 7.57. The molecule has 0 aliphatic heterocycles. The van der Waals surface area contributed by atoms with Gasteiger partial charge in [-0.15, -0.1) is 0 Å². The van der Waals surface area contributed by atoms with Crippen molar-refractivity contribution in [2.75, 3.05) is 5.32 Å². The van der Waals surface area contributed by atoms with E-state index in [9.17, 15) is 18.0 Å². The number of nitrogens with zero attached hydrogens (tertiary/aromatic N) is 2. The molecule has 0 spiro atoms. The highest BCUT2D eigenvalue weighted by Crippen LogP contribution is 2.33. The molecule has 0 bridgehead atoms. The second-order valence-corrected chi connectivity index (χ2v) is 7.57. The molecule has 0 saturated heterocycles. The summed E-state index contributed by atoms with van der Waals surface area (Å²) in [6.07, 6.45) is -2.86. The van der Waals surface area contributed by atoms with E-state index in [2.05, 4.69) is 15.3 Å². The average Bonchev–Trinajstić information content (AvgIpc) is 3.48. The number of carbonyl (C=O) groups excluding carboxylic acids is 1. The van der Waals surface area contributed by atoms with E-state index in [0.717, 1.165) is 17.7 Å². The molecule has 0 fully saturated rings. The molecule has 170 valence electrons. The summed E-state index contributed by atoms with van der Waals surface area (Å²) in [6.45, 7) is 1.82. The Bertz CT molecular complexity index is 1490. The van der Waals surface area contributed by atoms with Crippen LogP contribution in [0.4, 0.5) is 18.9 Å². The summed E-state index contributed by atoms with van der Waals surface area (Å²) in [5.74, 6) is -0.0734. The van der Waals surface area contributed by atoms with Crippen molar-refractivity contribution < 1.29 is 26.8 Å². The van der Waals surface area contributed by atoms with Crippen LogP contribution in [0.1, 0.15) is 21.7 Å². The monoisotopic (exact) mass is 463 g/mol. The number of benzene rings is 2. The molecule has 1 amide bonds. The molecule has 0 atom stereocenters. The highest BCUT2D eigenvalue weighted by atomic mass is 19.4. The molecule has 3 aromatic heterocycles. The summed E-state index contributed by atoms with van der Waals surface area (Å²) >= 11 is 0. The largest absolute Gasteiger partial charge is 0.451 e. The number of anilines is 1. The molecule has 1 N–H and O–H groups in total. The SMILES string of the molecule is Cc1ccc(-c2nc3ncccc3o2)cc1NC(=O)c1ccc(-c2cccc(C(F)(F)F)c2)o1. The van der Waals surface area contributed by atoms with Gasteiger partial charge in [-0.1, -0.05) is 18.2 Å². The number of halogens is 3. The maximum Gasteiger partial charge on any atom is 0.416 e. The molecular formula is C25H16F3N3O3. The van der Waals surface area contributed by atoms with E-state index in [1.165, 1.54) is 24.3 Å². The molecule has 0 unspecified atom stereocenters. The highest BCUT2D eigenvalue weighted by molar-refractivity contribution is 6.03. The van der Waals surface area contributed by atoms with Crippen LogP contribution in [0.2, 0.25) is 0 Å². The van der Waals surface area contributed by atoms with Gasteiger partial charge in [-0.2, -0.15) is 18.2 Å². The van der Waals surface area contributed by atoms with E-state index in [0.29, 0.717) is 28.4 Å². The van der Waals surface area contributed by atoms with Gasteiger partial charge in [0.05, 0.1) is 5.56 Å². The van der Waals surface area contributed by atoms with Crippen LogP contribution in [0.15, 0.2) is 81.8 Å². The lowest BCUT2D eigenvalue weighted by Crippen LogP contribution is -2.11. The number of amides is 1. The number of aryl methyl sites for hydroxylation is 1. The average molecular weight is 463 g/mol. The number of carbonyl (C=O) groups is 1. The molecule has 5 rings (SSSR count). The Kier molecular flexibility index (Phi) is 5.16. The Morgan fingerprint density at radius 1 is 0.941 bits per heavy atom. The van der Waals surface area contributed by atoms with Crippen LogP contribution in [0, 0.1) is 6.92 Å². The number of hydrogen-bond acceptors (Lipinski definition) is 5. The van der Waals surface area contributed by atoms with Crippen molar-refractivity contribution >= 4 is 22.8 Å². The van der Waals surface area contributed by atoms with Gasteiger partial charge in [0.2, 0.25) is 5.89 Å². The minimum Gasteiger partial charge on any atom is -0.451 e. The molecule has 0 radical (unpaired) electrons. The quantitative estimate of drug-likeness (QED) is 0.320. The Morgan fingerprint density at radius 3 is 2.59 bits per heavy atom. The van der Waals surface area contributed by atoms with E-state index in [1.807, 2.05) is 19.1 Å². The fourth-order valence-electron chi connectivity index (χ4n) is 3.43. The predicted molar refractivity (Wildman–Crippen MR) is 119 cm³/mol. The summed E-state index contributed by atoms with van der Waals surface area (Å²) in [5, 5.41) is 2.77. The molecular weight excluding hydrogens is 447 g/mol. The fraction of sp³-hybridized carbons (Fsp3) is 0.0800. The first-order valence-corrected chi connectivity index (χ1v) is 10.2. The van der Waals surface area contributed by atoms with E-state index >= 15 is 0 Å². The molecule has 34 heavy (non-hydrogen) atoms. The number of oxazole rings is 1. The lowest BCUT2D eigenvalue weighted by Gasteiger charge is -2.09. The first kappa shape index (κ1) is 21.4. The van der Waals surface area contributed by atoms with Gasteiger partial charge in [0.15, 0.2) is 17.0 Å². The van der Waals surface area contributed by atoms with Crippen LogP contribution in [0.3, 0.4) is 0 Å². The summed E-state index contributed by atoms with van der Waals surface area (Å²) < 4.78 is 50.3. The van der Waals surface area contributed by atoms with Gasteiger partial charge in [-0.05, 0) is 61.0 Å². The number of pyridine rings is 1. The van der Waals surface area contributed by atoms with Gasteiger partial charge in [0.25, 0.3) is 5.91 Å². The van der Waals surface area contributed by atoms with Gasteiger partial charge in [-0.25, -0.2) is 4.98 Å². The maximum atomic E-state index is 13.0. The summed E-state index contributed by atoms with van der Waals surface area (Å²) in [4.78, 5) is 21.3. The van der Waals surface area contributed by atoms with Gasteiger partial charge < -0.3 is 14.2 Å². The van der Waals surface area contributed by atoms with Gasteiger partial charge in [0, 0.05) is 23.0 Å². The van der Waals surface area contributed by atoms with Crippen molar-refractivity contribution in [1.82, 2.24) is 9.97 Å². The number of rotatable bonds is 4. The van der Waals surface area contributed by atoms with Crippen molar-refractivity contribution in [3.63, 3.8) is 0 Å². The van der Waals surface area contributed by atoms with E-state index in [4.69, 9.17) is 8.83 Å². The topological polar surface area (TPSA) is 81.2 Å². The van der Waals surface area contributed by atoms with Crippen LogP contribution < -0.4 is 5.32 Å². The Morgan fingerprint density at radius 2 is 1.79 bits per heavy atom. The number of hydrogen-bond donors (Lipinski definition) is 1. The Hall–Kier alpha value is -4.40. The zero-order chi connectivity index (χ0) is 23.9. The van der Waals surface area contributed by atoms with Crippen LogP contribution in [0.5, 0.6) is 0 Å². The van der Waals surface area contributed by atoms with Crippen LogP contribution in [-0.4, -0.2) is 15.9 Å². The standard InChI is InChI=1S/C25H16F3N3O3/c1-14-7-8-16(24-31-22-20(34-24)6-3-11-29-22)13-18(14)30-23(32)21-10-9-19(33-21)15-4-2-5-17(12-15)25(26,27)28/h2-13H,1H3,(H,30,32). The van der Waals surface area contributed by atoms with E-state index < -0.39 is 17.6 Å². The molecule has 9 heteroatoms. The van der Waals surface area contributed by atoms with Crippen LogP contribution in [0.25, 0.3) is 34.0 Å². The maximum absolute atomic E-state index is 13.0. The van der Waals surface area contributed by atoms with E-state index in [-0.39, 0.29) is 17.1 Å². The van der Waals surface area contributed by atoms with Crippen molar-refractivity contribution in [2.24, 2.45) is 0 Å². The summed E-state index contributed by atoms with van der Waals surface area (Å²) in [5.41, 5.74) is 2.38. The Balaban J connectivity index is 1.39. The van der Waals surface area contributed by atoms with Gasteiger partial charge in [0.1, 0.15) is 5.76 Å². The number of furan rings is 1. The molecule has 5 aromatic rings. The zero-order valence-electron chi connectivity index (χ0n) is 17.7. The highest BCUT2D eigenvalue weighted by Gasteiger charge is 2.30. The summed E-state index contributed by atoms with van der Waals surface area (Å²) in [7, 11) is 0. The van der Waals surface area contributed by atoms with Gasteiger partial charge >= 0.3 is 6.18 Å². The molecule has 2 aromatic carbocycles. The predicted octanol–water partition coefficient (Wildman–Crippen LogP) is 6.73. The van der Waals surface area contributed by atoms with Crippen molar-refractivity contribution in [3.8, 4) is 22.8 Å². The minimum atomic E-state index is -4.48. The molecule has 6 nitrogen and oxygen atoms in total. The van der Waals surface area contributed by atoms with Crippen molar-refractivity contribution in [3.05, 3.63) is 89.8 Å². The van der Waals surface area contributed by atoms with Crippen molar-refractivity contribution in [2.45, 2.75) is 13.1 Å². The lowest BCUT2D eigenvalue weighted by molar-refractivity contribution is -0.137. The molecule has 3 heterocycles. The van der Waals surface area contributed by atoms with Gasteiger partial charge in [-0.3, -0.25) is 4.79 Å². The minimum absolute atomic E-state index is 0.0386. The third kappa shape index (κ3) is 4.15. The third-order valence-corrected chi connectivity index (χ3v) is 5.20. The number of fused-ring (bicyclic) bond motifs is 1. The third-order valence-electron chi connectivity index (χ3n) is 5.20. The first-order chi connectivity index (χ1) is 16.3. The molecule has 0 saturated carbocycles. The first-order valence-electron chi connectivity index (χ1n) is 10.2. The van der Waals surface area contributed by atoms with E-state index in [1.54, 1.807) is 24.4 Å². The van der Waals surface area contributed by atoms with Crippen molar-refractivity contribution in [1.29, 1.82) is 0 Å². The summed E-state index contributed by atoms with van der Waals surface area (Å²) in [6, 6.07) is 16.4. The van der Waals surface area contributed by atoms with Crippen LogP contribution >= 0.6 is 0 Å². The second kappa shape index (κ2) is 8.18. The molecule has 0 aliphatic carbocycles. The number of nitrogens with one attached hydrogen (secondary N) is 1. The lowest BCUT2D eigenvalue weighted by atomic mass is 10.1.